The lowest BCUT2D eigenvalue weighted by Crippen LogP contribution is -1.96. The van der Waals surface area contributed by atoms with Crippen molar-refractivity contribution in [3.63, 3.8) is 0 Å². The largest absolute Gasteiger partial charge is 0.298 e. The van der Waals surface area contributed by atoms with E-state index in [1.54, 1.807) is 19.3 Å². The van der Waals surface area contributed by atoms with Crippen LogP contribution in [0.15, 0.2) is 11.8 Å². The molecule has 0 saturated heterocycles. The molecule has 0 aliphatic rings. The summed E-state index contributed by atoms with van der Waals surface area (Å²) in [5.74, 6) is 0.222. The summed E-state index contributed by atoms with van der Waals surface area (Å²) >= 11 is 0. The number of hydrogen-bond donors (Lipinski definition) is 0. The average Bonchev–Trinajstić information content (AvgIpc) is 2.46. The van der Waals surface area contributed by atoms with Gasteiger partial charge in [0.1, 0.15) is 12.0 Å². The fourth-order valence-electron chi connectivity index (χ4n) is 0.935. The minimum Gasteiger partial charge on any atom is -0.298 e. The molecule has 0 atom stereocenters. The van der Waals surface area contributed by atoms with Crippen molar-refractivity contribution < 1.29 is 4.79 Å². The number of allylic oxidation sites excluding steroid dienone is 1. The molecule has 0 bridgehead atoms. The maximum atomic E-state index is 10.6. The van der Waals surface area contributed by atoms with E-state index in [1.807, 2.05) is 13.8 Å². The van der Waals surface area contributed by atoms with Crippen LogP contribution in [0.3, 0.4) is 0 Å². The highest BCUT2D eigenvalue weighted by molar-refractivity contribution is 5.81. The highest BCUT2D eigenvalue weighted by Gasteiger charge is 2.02. The van der Waals surface area contributed by atoms with E-state index in [9.17, 15) is 4.79 Å². The predicted molar refractivity (Wildman–Crippen MR) is 49.9 cm³/mol. The van der Waals surface area contributed by atoms with E-state index in [0.717, 1.165) is 17.6 Å². The number of carbonyl (C=O) groups is 1. The van der Waals surface area contributed by atoms with Gasteiger partial charge in [-0.05, 0) is 17.6 Å². The van der Waals surface area contributed by atoms with E-state index in [0.29, 0.717) is 0 Å². The molecule has 0 aromatic carbocycles. The predicted octanol–water partition coefficient (Wildman–Crippen LogP) is 1.05. The molecule has 0 fully saturated rings. The third-order valence-electron chi connectivity index (χ3n) is 1.73. The molecule has 0 spiro atoms. The van der Waals surface area contributed by atoms with Gasteiger partial charge in [0.05, 0.1) is 6.20 Å². The first-order chi connectivity index (χ1) is 6.13. The molecule has 0 N–H and O–H groups in total. The van der Waals surface area contributed by atoms with Gasteiger partial charge in [0, 0.05) is 7.05 Å². The number of hydrogen-bond acceptors (Lipinski definition) is 3. The van der Waals surface area contributed by atoms with E-state index in [2.05, 4.69) is 10.2 Å². The van der Waals surface area contributed by atoms with Crippen molar-refractivity contribution >= 4 is 12.4 Å². The van der Waals surface area contributed by atoms with Gasteiger partial charge in [-0.1, -0.05) is 13.8 Å². The lowest BCUT2D eigenvalue weighted by molar-refractivity contribution is -0.105. The number of aryl methyl sites for hydroxylation is 1. The fraction of sp³-hybridized carbons (Fsp3) is 0.444. The molecule has 1 rings (SSSR count). The standard InChI is InChI=1S/C9H13N3O/c1-7(2)8(6-13)4-9-5-10-12(3)11-9/h4-7H,1-3H3/b8-4+. The van der Waals surface area contributed by atoms with Gasteiger partial charge in [0.15, 0.2) is 0 Å². The van der Waals surface area contributed by atoms with Crippen molar-refractivity contribution in [1.82, 2.24) is 15.0 Å². The van der Waals surface area contributed by atoms with Crippen LogP contribution in [0.4, 0.5) is 0 Å². The molecule has 0 unspecified atom stereocenters. The van der Waals surface area contributed by atoms with E-state index in [-0.39, 0.29) is 5.92 Å². The zero-order valence-corrected chi connectivity index (χ0v) is 8.06. The summed E-state index contributed by atoms with van der Waals surface area (Å²) < 4.78 is 0. The Bertz CT molecular complexity index is 325. The molecule has 1 aromatic rings. The van der Waals surface area contributed by atoms with Crippen LogP contribution in [0, 0.1) is 5.92 Å². The van der Waals surface area contributed by atoms with Gasteiger partial charge in [-0.2, -0.15) is 15.0 Å². The van der Waals surface area contributed by atoms with Crippen LogP contribution in [0.25, 0.3) is 6.08 Å². The van der Waals surface area contributed by atoms with Gasteiger partial charge in [0.25, 0.3) is 0 Å². The molecule has 1 heterocycles. The third kappa shape index (κ3) is 2.50. The van der Waals surface area contributed by atoms with Crippen molar-refractivity contribution in [2.45, 2.75) is 13.8 Å². The maximum Gasteiger partial charge on any atom is 0.146 e. The topological polar surface area (TPSA) is 47.8 Å². The zero-order valence-electron chi connectivity index (χ0n) is 8.06. The van der Waals surface area contributed by atoms with Gasteiger partial charge in [-0.15, -0.1) is 0 Å². The number of aromatic nitrogens is 3. The lowest BCUT2D eigenvalue weighted by atomic mass is 10.0. The Morgan fingerprint density at radius 3 is 2.69 bits per heavy atom. The first-order valence-corrected chi connectivity index (χ1v) is 4.16. The van der Waals surface area contributed by atoms with Crippen molar-refractivity contribution in [3.8, 4) is 0 Å². The molecule has 0 aliphatic carbocycles. The first-order valence-electron chi connectivity index (χ1n) is 4.16. The molecule has 1 aromatic heterocycles. The Labute approximate surface area is 77.3 Å². The Kier molecular flexibility index (Phi) is 2.95. The fourth-order valence-corrected chi connectivity index (χ4v) is 0.935. The SMILES string of the molecule is CC(C)/C(C=O)=C/c1cnn(C)n1. The quantitative estimate of drug-likeness (QED) is 0.514. The lowest BCUT2D eigenvalue weighted by Gasteiger charge is -2.00. The van der Waals surface area contributed by atoms with Gasteiger partial charge in [-0.3, -0.25) is 4.79 Å². The van der Waals surface area contributed by atoms with Crippen LogP contribution in [-0.2, 0) is 11.8 Å². The second-order valence-corrected chi connectivity index (χ2v) is 3.18. The van der Waals surface area contributed by atoms with Crippen molar-refractivity contribution in [3.05, 3.63) is 17.5 Å². The number of carbonyl (C=O) groups excluding carboxylic acids is 1. The third-order valence-corrected chi connectivity index (χ3v) is 1.73. The molecular weight excluding hydrogens is 166 g/mol. The second-order valence-electron chi connectivity index (χ2n) is 3.18. The average molecular weight is 179 g/mol. The normalized spacial score (nSPS) is 12.2. The number of rotatable bonds is 3. The summed E-state index contributed by atoms with van der Waals surface area (Å²) in [4.78, 5) is 12.1. The van der Waals surface area contributed by atoms with E-state index < -0.39 is 0 Å². The summed E-state index contributed by atoms with van der Waals surface area (Å²) in [5, 5.41) is 7.96. The van der Waals surface area contributed by atoms with Crippen molar-refractivity contribution in [1.29, 1.82) is 0 Å². The Balaban J connectivity index is 2.91. The van der Waals surface area contributed by atoms with Crippen LogP contribution in [-0.4, -0.2) is 21.3 Å². The zero-order chi connectivity index (χ0) is 9.84. The highest BCUT2D eigenvalue weighted by Crippen LogP contribution is 2.09. The van der Waals surface area contributed by atoms with Crippen LogP contribution in [0.2, 0.25) is 0 Å². The van der Waals surface area contributed by atoms with Gasteiger partial charge in [-0.25, -0.2) is 0 Å². The molecule has 4 heteroatoms. The summed E-state index contributed by atoms with van der Waals surface area (Å²) in [5.41, 5.74) is 1.46. The number of aldehydes is 1. The molecule has 0 aliphatic heterocycles. The minimum atomic E-state index is 0.222. The minimum absolute atomic E-state index is 0.222. The molecule has 4 nitrogen and oxygen atoms in total. The van der Waals surface area contributed by atoms with E-state index in [4.69, 9.17) is 0 Å². The Morgan fingerprint density at radius 1 is 1.62 bits per heavy atom. The monoisotopic (exact) mass is 179 g/mol. The number of nitrogens with zero attached hydrogens (tertiary/aromatic N) is 3. The van der Waals surface area contributed by atoms with Crippen molar-refractivity contribution in [2.75, 3.05) is 0 Å². The molecular formula is C9H13N3O. The van der Waals surface area contributed by atoms with Gasteiger partial charge < -0.3 is 0 Å². The summed E-state index contributed by atoms with van der Waals surface area (Å²) in [6, 6.07) is 0. The Morgan fingerprint density at radius 2 is 2.31 bits per heavy atom. The van der Waals surface area contributed by atoms with Crippen LogP contribution in [0.5, 0.6) is 0 Å². The summed E-state index contributed by atoms with van der Waals surface area (Å²) in [6.45, 7) is 3.94. The van der Waals surface area contributed by atoms with Crippen LogP contribution >= 0.6 is 0 Å². The van der Waals surface area contributed by atoms with E-state index >= 15 is 0 Å². The first kappa shape index (κ1) is 9.64. The molecule has 0 amide bonds. The smallest absolute Gasteiger partial charge is 0.146 e. The summed E-state index contributed by atoms with van der Waals surface area (Å²) in [6.07, 6.45) is 4.25. The summed E-state index contributed by atoms with van der Waals surface area (Å²) in [7, 11) is 1.74. The molecule has 0 radical (unpaired) electrons. The molecule has 0 saturated carbocycles. The van der Waals surface area contributed by atoms with Crippen molar-refractivity contribution in [2.24, 2.45) is 13.0 Å². The van der Waals surface area contributed by atoms with Crippen LogP contribution < -0.4 is 0 Å². The maximum absolute atomic E-state index is 10.6. The Hall–Kier alpha value is -1.45. The van der Waals surface area contributed by atoms with Gasteiger partial charge >= 0.3 is 0 Å². The van der Waals surface area contributed by atoms with Gasteiger partial charge in [0.2, 0.25) is 0 Å². The molecule has 13 heavy (non-hydrogen) atoms. The second kappa shape index (κ2) is 3.98. The highest BCUT2D eigenvalue weighted by atomic mass is 16.1. The van der Waals surface area contributed by atoms with E-state index in [1.165, 1.54) is 4.80 Å². The van der Waals surface area contributed by atoms with Crippen LogP contribution in [0.1, 0.15) is 19.5 Å². The molecule has 70 valence electrons.